The molecule has 0 fully saturated rings. The molecule has 5 nitrogen and oxygen atoms in total. The molecule has 0 radical (unpaired) electrons. The van der Waals surface area contributed by atoms with Crippen LogP contribution in [0.2, 0.25) is 0 Å². The number of anilines is 1. The Labute approximate surface area is 153 Å². The second kappa shape index (κ2) is 6.57. The van der Waals surface area contributed by atoms with Crippen molar-refractivity contribution in [1.82, 2.24) is 9.55 Å². The van der Waals surface area contributed by atoms with Gasteiger partial charge in [-0.2, -0.15) is 0 Å². The van der Waals surface area contributed by atoms with E-state index in [1.54, 1.807) is 6.92 Å². The molecular formula is C21H24N4O. The Bertz CT molecular complexity index is 943. The number of fused-ring (bicyclic) bond motifs is 3. The molecule has 5 heteroatoms. The number of rotatable bonds is 3. The van der Waals surface area contributed by atoms with Gasteiger partial charge in [-0.25, -0.2) is 4.98 Å². The van der Waals surface area contributed by atoms with Crippen LogP contribution in [0.1, 0.15) is 37.6 Å². The number of carbonyl (C=O) groups excluding carboxylic acids is 1. The predicted octanol–water partition coefficient (Wildman–Crippen LogP) is 3.58. The van der Waals surface area contributed by atoms with Gasteiger partial charge < -0.3 is 15.6 Å². The van der Waals surface area contributed by atoms with Crippen molar-refractivity contribution in [3.05, 3.63) is 59.9 Å². The average molecular weight is 348 g/mol. The van der Waals surface area contributed by atoms with Gasteiger partial charge in [-0.3, -0.25) is 4.79 Å². The van der Waals surface area contributed by atoms with Gasteiger partial charge in [0.15, 0.2) is 0 Å². The molecular weight excluding hydrogens is 324 g/mol. The molecule has 1 aliphatic heterocycles. The number of nitrogens with two attached hydrogens (primary N) is 1. The summed E-state index contributed by atoms with van der Waals surface area (Å²) in [4.78, 5) is 17.5. The van der Waals surface area contributed by atoms with Crippen molar-refractivity contribution in [2.24, 2.45) is 5.73 Å². The molecule has 1 aliphatic rings. The first-order chi connectivity index (χ1) is 12.6. The molecule has 26 heavy (non-hydrogen) atoms. The van der Waals surface area contributed by atoms with Crippen molar-refractivity contribution in [3.63, 3.8) is 0 Å². The van der Waals surface area contributed by atoms with Crippen LogP contribution in [0.5, 0.6) is 0 Å². The highest BCUT2D eigenvalue weighted by molar-refractivity contribution is 5.99. The number of benzene rings is 2. The van der Waals surface area contributed by atoms with Crippen LogP contribution in [0.3, 0.4) is 0 Å². The zero-order valence-electron chi connectivity index (χ0n) is 15.0. The van der Waals surface area contributed by atoms with E-state index in [4.69, 9.17) is 10.7 Å². The van der Waals surface area contributed by atoms with Crippen molar-refractivity contribution in [2.75, 3.05) is 5.32 Å². The highest BCUT2D eigenvalue weighted by atomic mass is 16.2. The largest absolute Gasteiger partial charge is 0.328 e. The lowest BCUT2D eigenvalue weighted by atomic mass is 9.92. The maximum Gasteiger partial charge on any atom is 0.248 e. The first kappa shape index (κ1) is 16.8. The lowest BCUT2D eigenvalue weighted by Crippen LogP contribution is -2.45. The van der Waals surface area contributed by atoms with E-state index >= 15 is 0 Å². The molecule has 1 aromatic heterocycles. The van der Waals surface area contributed by atoms with E-state index in [1.807, 2.05) is 48.5 Å². The topological polar surface area (TPSA) is 72.9 Å². The van der Waals surface area contributed by atoms with Crippen LogP contribution in [0.4, 0.5) is 5.69 Å². The molecule has 0 spiro atoms. The van der Waals surface area contributed by atoms with E-state index in [-0.39, 0.29) is 5.91 Å². The van der Waals surface area contributed by atoms with E-state index < -0.39 is 5.54 Å². The quantitative estimate of drug-likeness (QED) is 0.760. The third kappa shape index (κ3) is 2.99. The fraction of sp³-hybridized carbons (Fsp3) is 0.333. The molecule has 1 amide bonds. The van der Waals surface area contributed by atoms with E-state index in [0.29, 0.717) is 0 Å². The second-order valence-corrected chi connectivity index (χ2v) is 7.22. The lowest BCUT2D eigenvalue weighted by Gasteiger charge is -2.24. The van der Waals surface area contributed by atoms with Gasteiger partial charge >= 0.3 is 0 Å². The number of imidazole rings is 1. The Balaban J connectivity index is 1.60. The molecule has 3 N–H and O–H groups in total. The Morgan fingerprint density at radius 3 is 2.77 bits per heavy atom. The molecule has 1 unspecified atom stereocenters. The van der Waals surface area contributed by atoms with Gasteiger partial charge in [0.1, 0.15) is 11.4 Å². The molecule has 0 saturated carbocycles. The molecule has 2 heterocycles. The van der Waals surface area contributed by atoms with Crippen LogP contribution in [0.25, 0.3) is 11.0 Å². The summed E-state index contributed by atoms with van der Waals surface area (Å²) in [6, 6.07) is 15.3. The van der Waals surface area contributed by atoms with Gasteiger partial charge in [-0.05, 0) is 43.5 Å². The highest BCUT2D eigenvalue weighted by Crippen LogP contribution is 2.26. The number of carbonyl (C=O) groups is 1. The number of nitrogens with zero attached hydrogens (tertiary/aromatic N) is 2. The van der Waals surface area contributed by atoms with Crippen molar-refractivity contribution >= 4 is 22.6 Å². The lowest BCUT2D eigenvalue weighted by molar-refractivity contribution is -0.120. The van der Waals surface area contributed by atoms with Crippen LogP contribution in [0.15, 0.2) is 48.5 Å². The van der Waals surface area contributed by atoms with Gasteiger partial charge in [0.05, 0.1) is 11.0 Å². The number of amides is 1. The summed E-state index contributed by atoms with van der Waals surface area (Å²) in [5.74, 6) is 0.915. The Kier molecular flexibility index (Phi) is 4.24. The maximum absolute atomic E-state index is 12.7. The SMILES string of the molecule is CC(N)(C(=O)Nc1ccc2c(c1)nc1n2CCCCC1)c1ccccc1. The summed E-state index contributed by atoms with van der Waals surface area (Å²) in [6.45, 7) is 2.75. The summed E-state index contributed by atoms with van der Waals surface area (Å²) >= 11 is 0. The molecule has 4 rings (SSSR count). The minimum atomic E-state index is -1.10. The van der Waals surface area contributed by atoms with Crippen molar-refractivity contribution in [1.29, 1.82) is 0 Å². The summed E-state index contributed by atoms with van der Waals surface area (Å²) in [5.41, 5.74) is 8.79. The first-order valence-corrected chi connectivity index (χ1v) is 9.21. The molecule has 134 valence electrons. The molecule has 0 bridgehead atoms. The third-order valence-corrected chi connectivity index (χ3v) is 5.21. The van der Waals surface area contributed by atoms with Gasteiger partial charge in [0.2, 0.25) is 5.91 Å². The maximum atomic E-state index is 12.7. The third-order valence-electron chi connectivity index (χ3n) is 5.21. The van der Waals surface area contributed by atoms with E-state index in [1.165, 1.54) is 19.3 Å². The number of nitrogens with one attached hydrogen (secondary N) is 1. The minimum Gasteiger partial charge on any atom is -0.328 e. The summed E-state index contributed by atoms with van der Waals surface area (Å²) in [5, 5.41) is 2.95. The standard InChI is InChI=1S/C21H24N4O/c1-21(22,15-8-4-2-5-9-15)20(26)23-16-11-12-18-17(14-16)24-19-10-6-3-7-13-25(18)19/h2,4-5,8-9,11-12,14H,3,6-7,10,13,22H2,1H3,(H,23,26). The molecule has 3 aromatic rings. The summed E-state index contributed by atoms with van der Waals surface area (Å²) < 4.78 is 2.31. The Hall–Kier alpha value is -2.66. The van der Waals surface area contributed by atoms with Crippen molar-refractivity contribution < 1.29 is 4.79 Å². The van der Waals surface area contributed by atoms with Gasteiger partial charge in [-0.15, -0.1) is 0 Å². The summed E-state index contributed by atoms with van der Waals surface area (Å²) in [6.07, 6.45) is 4.66. The van der Waals surface area contributed by atoms with Gasteiger partial charge in [-0.1, -0.05) is 36.8 Å². The average Bonchev–Trinajstić information content (AvgIpc) is 2.82. The molecule has 0 aliphatic carbocycles. The van der Waals surface area contributed by atoms with Gasteiger partial charge in [0, 0.05) is 18.7 Å². The molecule has 0 saturated heterocycles. The molecule has 1 atom stereocenters. The van der Waals surface area contributed by atoms with Crippen molar-refractivity contribution in [3.8, 4) is 0 Å². The molecule has 2 aromatic carbocycles. The Morgan fingerprint density at radius 1 is 1.15 bits per heavy atom. The van der Waals surface area contributed by atoms with E-state index in [2.05, 4.69) is 9.88 Å². The number of hydrogen-bond acceptors (Lipinski definition) is 3. The van der Waals surface area contributed by atoms with Crippen LogP contribution in [0, 0.1) is 0 Å². The fourth-order valence-electron chi connectivity index (χ4n) is 3.60. The van der Waals surface area contributed by atoms with Crippen LogP contribution >= 0.6 is 0 Å². The minimum absolute atomic E-state index is 0.233. The van der Waals surface area contributed by atoms with Crippen molar-refractivity contribution in [2.45, 2.75) is 44.7 Å². The zero-order chi connectivity index (χ0) is 18.1. The van der Waals surface area contributed by atoms with E-state index in [9.17, 15) is 4.79 Å². The number of hydrogen-bond donors (Lipinski definition) is 2. The number of aromatic nitrogens is 2. The van der Waals surface area contributed by atoms with Crippen LogP contribution in [-0.4, -0.2) is 15.5 Å². The van der Waals surface area contributed by atoms with Gasteiger partial charge in [0.25, 0.3) is 0 Å². The fourth-order valence-corrected chi connectivity index (χ4v) is 3.60. The number of aryl methyl sites for hydroxylation is 2. The van der Waals surface area contributed by atoms with E-state index in [0.717, 1.165) is 41.1 Å². The zero-order valence-corrected chi connectivity index (χ0v) is 15.0. The second-order valence-electron chi connectivity index (χ2n) is 7.22. The summed E-state index contributed by atoms with van der Waals surface area (Å²) in [7, 11) is 0. The van der Waals surface area contributed by atoms with Crippen LogP contribution < -0.4 is 11.1 Å². The monoisotopic (exact) mass is 348 g/mol. The Morgan fingerprint density at radius 2 is 1.96 bits per heavy atom. The predicted molar refractivity (Wildman–Crippen MR) is 104 cm³/mol. The van der Waals surface area contributed by atoms with Crippen LogP contribution in [-0.2, 0) is 23.3 Å². The highest BCUT2D eigenvalue weighted by Gasteiger charge is 2.30. The smallest absolute Gasteiger partial charge is 0.248 e. The normalized spacial score (nSPS) is 16.5. The first-order valence-electron chi connectivity index (χ1n) is 9.21.